The molecule has 1 N–H and O–H groups in total. The summed E-state index contributed by atoms with van der Waals surface area (Å²) < 4.78 is 0. The van der Waals surface area contributed by atoms with E-state index in [1.54, 1.807) is 0 Å². The zero-order chi connectivity index (χ0) is 7.49. The van der Waals surface area contributed by atoms with E-state index in [2.05, 4.69) is 12.3 Å². The highest BCUT2D eigenvalue weighted by molar-refractivity contribution is 5.86. The minimum atomic E-state index is -1.39. The van der Waals surface area contributed by atoms with Crippen molar-refractivity contribution >= 4 is 5.78 Å². The Morgan fingerprint density at radius 1 is 1.89 bits per heavy atom. The van der Waals surface area contributed by atoms with E-state index >= 15 is 0 Å². The summed E-state index contributed by atoms with van der Waals surface area (Å²) in [5.74, 6) is -0.307. The zero-order valence-corrected chi connectivity index (χ0v) is 5.64. The molecule has 0 aliphatic rings. The molecule has 2 nitrogen and oxygen atoms in total. The predicted octanol–water partition coefficient (Wildman–Crippen LogP) is 0.667. The Labute approximate surface area is 54.5 Å². The van der Waals surface area contributed by atoms with Gasteiger partial charge in [0.1, 0.15) is 5.60 Å². The van der Waals surface area contributed by atoms with Gasteiger partial charge in [0.15, 0.2) is 5.78 Å². The lowest BCUT2D eigenvalue weighted by Gasteiger charge is -2.11. The van der Waals surface area contributed by atoms with Gasteiger partial charge < -0.3 is 5.11 Å². The topological polar surface area (TPSA) is 37.3 Å². The average molecular weight is 126 g/mol. The van der Waals surface area contributed by atoms with E-state index in [9.17, 15) is 4.79 Å². The molecule has 1 atom stereocenters. The summed E-state index contributed by atoms with van der Waals surface area (Å²) in [6, 6.07) is 0. The number of ketones is 1. The molecule has 0 saturated heterocycles. The van der Waals surface area contributed by atoms with Crippen LogP contribution in [0.5, 0.6) is 0 Å². The van der Waals surface area contributed by atoms with Crippen molar-refractivity contribution in [2.24, 2.45) is 0 Å². The fourth-order valence-corrected chi connectivity index (χ4v) is 0.300. The third-order valence-corrected chi connectivity index (χ3v) is 1.10. The van der Waals surface area contributed by atoms with Gasteiger partial charge in [-0.3, -0.25) is 4.79 Å². The minimum absolute atomic E-state index is 0.307. The molecule has 50 valence electrons. The fraction of sp³-hybridized carbons (Fsp3) is 0.429. The van der Waals surface area contributed by atoms with Gasteiger partial charge >= 0.3 is 0 Å². The molecule has 0 aliphatic carbocycles. The number of hydrogen-bond donors (Lipinski definition) is 1. The van der Waals surface area contributed by atoms with Crippen LogP contribution in [-0.2, 0) is 4.79 Å². The van der Waals surface area contributed by atoms with Gasteiger partial charge in [0.25, 0.3) is 0 Å². The Morgan fingerprint density at radius 3 is 2.44 bits per heavy atom. The van der Waals surface area contributed by atoms with Crippen molar-refractivity contribution in [2.75, 3.05) is 0 Å². The summed E-state index contributed by atoms with van der Waals surface area (Å²) in [6.45, 7) is 5.95. The third kappa shape index (κ3) is 2.27. The van der Waals surface area contributed by atoms with E-state index in [0.29, 0.717) is 0 Å². The molecular weight excluding hydrogens is 116 g/mol. The normalized spacial score (nSPS) is 15.4. The summed E-state index contributed by atoms with van der Waals surface area (Å²) >= 11 is 0. The molecule has 2 heteroatoms. The van der Waals surface area contributed by atoms with E-state index in [1.165, 1.54) is 19.9 Å². The van der Waals surface area contributed by atoms with Crippen LogP contribution in [0.25, 0.3) is 0 Å². The number of Topliss-reactive ketones (excluding diaryl/α,β-unsaturated/α-hetero) is 1. The Morgan fingerprint density at radius 2 is 2.33 bits per heavy atom. The van der Waals surface area contributed by atoms with Gasteiger partial charge in [-0.2, -0.15) is 0 Å². The molecule has 1 unspecified atom stereocenters. The predicted molar refractivity (Wildman–Crippen MR) is 35.0 cm³/mol. The second-order valence-corrected chi connectivity index (χ2v) is 2.05. The Kier molecular flexibility index (Phi) is 2.38. The van der Waals surface area contributed by atoms with Gasteiger partial charge in [-0.1, -0.05) is 6.58 Å². The second kappa shape index (κ2) is 2.62. The SMILES string of the molecule is C=C=CC(C)(O)C(C)=O. The summed E-state index contributed by atoms with van der Waals surface area (Å²) in [7, 11) is 0. The molecule has 0 radical (unpaired) electrons. The smallest absolute Gasteiger partial charge is 0.165 e. The van der Waals surface area contributed by atoms with Crippen LogP contribution in [0.1, 0.15) is 13.8 Å². The van der Waals surface area contributed by atoms with Crippen molar-refractivity contribution < 1.29 is 9.90 Å². The van der Waals surface area contributed by atoms with E-state index in [4.69, 9.17) is 5.11 Å². The summed E-state index contributed by atoms with van der Waals surface area (Å²) in [4.78, 5) is 10.5. The molecule has 9 heavy (non-hydrogen) atoms. The molecule has 0 rings (SSSR count). The van der Waals surface area contributed by atoms with Gasteiger partial charge in [-0.15, -0.1) is 5.73 Å². The maximum Gasteiger partial charge on any atom is 0.165 e. The first-order valence-electron chi connectivity index (χ1n) is 2.61. The molecular formula is C7H10O2. The van der Waals surface area contributed by atoms with Gasteiger partial charge in [0, 0.05) is 0 Å². The van der Waals surface area contributed by atoms with Crippen LogP contribution >= 0.6 is 0 Å². The second-order valence-electron chi connectivity index (χ2n) is 2.05. The van der Waals surface area contributed by atoms with Crippen molar-refractivity contribution in [2.45, 2.75) is 19.4 Å². The maximum absolute atomic E-state index is 10.5. The van der Waals surface area contributed by atoms with Crippen LogP contribution in [-0.4, -0.2) is 16.5 Å². The number of rotatable bonds is 2. The first kappa shape index (κ1) is 8.15. The molecule has 0 aromatic heterocycles. The Hall–Kier alpha value is -0.850. The minimum Gasteiger partial charge on any atom is -0.378 e. The molecule has 0 aromatic carbocycles. The van der Waals surface area contributed by atoms with Gasteiger partial charge in [0.2, 0.25) is 0 Å². The molecule has 0 amide bonds. The summed E-state index contributed by atoms with van der Waals surface area (Å²) in [5, 5.41) is 9.08. The van der Waals surface area contributed by atoms with Crippen LogP contribution in [0.15, 0.2) is 18.4 Å². The molecule has 0 aliphatic heterocycles. The standard InChI is InChI=1S/C7H10O2/c1-4-5-7(3,9)6(2)8/h5,9H,1H2,2-3H3. The molecule has 0 spiro atoms. The molecule has 0 saturated carbocycles. The largest absolute Gasteiger partial charge is 0.378 e. The van der Waals surface area contributed by atoms with Crippen LogP contribution < -0.4 is 0 Å². The van der Waals surface area contributed by atoms with Crippen LogP contribution in [0.2, 0.25) is 0 Å². The Bertz CT molecular complexity index is 158. The van der Waals surface area contributed by atoms with Crippen molar-refractivity contribution in [3.63, 3.8) is 0 Å². The highest BCUT2D eigenvalue weighted by atomic mass is 16.3. The Balaban J connectivity index is 4.37. The van der Waals surface area contributed by atoms with E-state index < -0.39 is 5.60 Å². The van der Waals surface area contributed by atoms with E-state index in [1.807, 2.05) is 0 Å². The van der Waals surface area contributed by atoms with Crippen molar-refractivity contribution in [3.05, 3.63) is 18.4 Å². The van der Waals surface area contributed by atoms with Crippen LogP contribution in [0.3, 0.4) is 0 Å². The summed E-state index contributed by atoms with van der Waals surface area (Å²) in [5.41, 5.74) is 0.956. The fourth-order valence-electron chi connectivity index (χ4n) is 0.300. The zero-order valence-electron chi connectivity index (χ0n) is 5.64. The first-order valence-corrected chi connectivity index (χ1v) is 2.61. The highest BCUT2D eigenvalue weighted by Crippen LogP contribution is 2.04. The van der Waals surface area contributed by atoms with Crippen molar-refractivity contribution in [3.8, 4) is 0 Å². The number of hydrogen-bond acceptors (Lipinski definition) is 2. The average Bonchev–Trinajstić information content (AvgIpc) is 1.65. The highest BCUT2D eigenvalue weighted by Gasteiger charge is 2.21. The monoisotopic (exact) mass is 126 g/mol. The van der Waals surface area contributed by atoms with Gasteiger partial charge in [-0.25, -0.2) is 0 Å². The molecule has 0 bridgehead atoms. The molecule has 0 fully saturated rings. The van der Waals surface area contributed by atoms with E-state index in [-0.39, 0.29) is 5.78 Å². The maximum atomic E-state index is 10.5. The molecule has 0 heterocycles. The summed E-state index contributed by atoms with van der Waals surface area (Å²) in [6.07, 6.45) is 1.23. The quantitative estimate of drug-likeness (QED) is 0.552. The van der Waals surface area contributed by atoms with Crippen molar-refractivity contribution in [1.82, 2.24) is 0 Å². The van der Waals surface area contributed by atoms with Crippen molar-refractivity contribution in [1.29, 1.82) is 0 Å². The number of carbonyl (C=O) groups excluding carboxylic acids is 1. The van der Waals surface area contributed by atoms with Gasteiger partial charge in [0.05, 0.1) is 0 Å². The first-order chi connectivity index (χ1) is 4.00. The molecule has 0 aromatic rings. The lowest BCUT2D eigenvalue weighted by molar-refractivity contribution is -0.129. The number of aliphatic hydroxyl groups is 1. The van der Waals surface area contributed by atoms with E-state index in [0.717, 1.165) is 0 Å². The third-order valence-electron chi connectivity index (χ3n) is 1.10. The van der Waals surface area contributed by atoms with Crippen LogP contribution in [0.4, 0.5) is 0 Å². The lowest BCUT2D eigenvalue weighted by Crippen LogP contribution is -2.29. The van der Waals surface area contributed by atoms with Crippen LogP contribution in [0, 0.1) is 0 Å². The number of carbonyl (C=O) groups is 1. The van der Waals surface area contributed by atoms with Gasteiger partial charge in [-0.05, 0) is 19.9 Å². The lowest BCUT2D eigenvalue weighted by atomic mass is 10.0.